The molecule has 3 atom stereocenters. The van der Waals surface area contributed by atoms with Crippen molar-refractivity contribution < 1.29 is 29.0 Å². The molecule has 0 radical (unpaired) electrons. The number of carbonyl (C=O) groups excluding carboxylic acids is 3. The van der Waals surface area contributed by atoms with Gasteiger partial charge in [0.1, 0.15) is 17.7 Å². The minimum absolute atomic E-state index is 0.196. The Morgan fingerprint density at radius 2 is 1.23 bits per heavy atom. The number of amides is 3. The van der Waals surface area contributed by atoms with E-state index in [0.29, 0.717) is 24.2 Å². The van der Waals surface area contributed by atoms with Crippen molar-refractivity contribution in [2.45, 2.75) is 76.7 Å². The maximum Gasteiger partial charge on any atom is 0.415 e. The lowest BCUT2D eigenvalue weighted by molar-refractivity contribution is -0.143. The number of benzene rings is 3. The van der Waals surface area contributed by atoms with E-state index in [0.717, 1.165) is 22.3 Å². The summed E-state index contributed by atoms with van der Waals surface area (Å²) in [4.78, 5) is 59.0. The molecule has 0 saturated heterocycles. The maximum absolute atomic E-state index is 14.6. The summed E-state index contributed by atoms with van der Waals surface area (Å²) in [6.45, 7) is 5.60. The van der Waals surface area contributed by atoms with Crippen molar-refractivity contribution in [3.63, 3.8) is 0 Å². The summed E-state index contributed by atoms with van der Waals surface area (Å²) in [5, 5.41) is 9.70. The van der Waals surface area contributed by atoms with Crippen LogP contribution in [0.15, 0.2) is 72.8 Å². The van der Waals surface area contributed by atoms with Gasteiger partial charge >= 0.3 is 12.1 Å². The van der Waals surface area contributed by atoms with Crippen molar-refractivity contribution in [1.29, 1.82) is 0 Å². The Morgan fingerprint density at radius 3 is 1.81 bits per heavy atom. The Hall–Kier alpha value is -4.66. The van der Waals surface area contributed by atoms with E-state index in [1.165, 1.54) is 9.80 Å². The molecule has 0 saturated carbocycles. The molecule has 43 heavy (non-hydrogen) atoms. The molecule has 3 amide bonds. The fraction of sp³-hybridized carbons (Fsp3) is 0.353. The Kier molecular flexibility index (Phi) is 7.20. The van der Waals surface area contributed by atoms with Gasteiger partial charge in [-0.2, -0.15) is 0 Å². The van der Waals surface area contributed by atoms with E-state index in [1.54, 1.807) is 31.7 Å². The molecule has 0 aromatic heterocycles. The van der Waals surface area contributed by atoms with Gasteiger partial charge in [0, 0.05) is 31.1 Å². The van der Waals surface area contributed by atoms with Gasteiger partial charge in [0.05, 0.1) is 12.1 Å². The Balaban J connectivity index is 1.37. The minimum Gasteiger partial charge on any atom is -0.481 e. The van der Waals surface area contributed by atoms with Gasteiger partial charge in [-0.05, 0) is 61.6 Å². The van der Waals surface area contributed by atoms with Crippen molar-refractivity contribution >= 4 is 35.3 Å². The normalized spacial score (nSPS) is 20.7. The van der Waals surface area contributed by atoms with Crippen LogP contribution in [-0.4, -0.2) is 57.6 Å². The first-order valence-electron chi connectivity index (χ1n) is 14.6. The lowest BCUT2D eigenvalue weighted by atomic mass is 9.91. The average Bonchev–Trinajstić information content (AvgIpc) is 3.54. The molecular formula is C34H35N3O6. The minimum atomic E-state index is -0.985. The summed E-state index contributed by atoms with van der Waals surface area (Å²) in [5.41, 5.74) is 4.14. The van der Waals surface area contributed by atoms with Crippen molar-refractivity contribution in [2.24, 2.45) is 0 Å². The average molecular weight is 582 g/mol. The number of fused-ring (bicyclic) bond motifs is 3. The summed E-state index contributed by atoms with van der Waals surface area (Å²) in [6, 6.07) is 20.2. The first-order chi connectivity index (χ1) is 20.5. The number of ether oxygens (including phenoxy) is 1. The van der Waals surface area contributed by atoms with Crippen LogP contribution < -0.4 is 9.80 Å². The zero-order chi connectivity index (χ0) is 30.5. The molecule has 3 aromatic carbocycles. The number of hydrogen-bond donors (Lipinski definition) is 1. The highest BCUT2D eigenvalue weighted by molar-refractivity contribution is 6.11. The van der Waals surface area contributed by atoms with Gasteiger partial charge in [-0.15, -0.1) is 0 Å². The molecule has 0 bridgehead atoms. The third kappa shape index (κ3) is 5.35. The van der Waals surface area contributed by atoms with E-state index < -0.39 is 35.8 Å². The highest BCUT2D eigenvalue weighted by Gasteiger charge is 2.48. The van der Waals surface area contributed by atoms with Crippen LogP contribution in [0.1, 0.15) is 49.4 Å². The molecule has 1 N–H and O–H groups in total. The van der Waals surface area contributed by atoms with Crippen LogP contribution in [0.4, 0.5) is 16.2 Å². The van der Waals surface area contributed by atoms with E-state index in [2.05, 4.69) is 0 Å². The fourth-order valence-electron chi connectivity index (χ4n) is 6.56. The lowest BCUT2D eigenvalue weighted by Crippen LogP contribution is -2.58. The first-order valence-corrected chi connectivity index (χ1v) is 14.6. The third-order valence-electron chi connectivity index (χ3n) is 8.40. The highest BCUT2D eigenvalue weighted by Crippen LogP contribution is 2.39. The molecule has 0 spiro atoms. The summed E-state index contributed by atoms with van der Waals surface area (Å²) in [6.07, 6.45) is 0.182. The Labute approximate surface area is 250 Å². The summed E-state index contributed by atoms with van der Waals surface area (Å²) < 4.78 is 5.73. The topological polar surface area (TPSA) is 107 Å². The fourth-order valence-corrected chi connectivity index (χ4v) is 6.56. The second-order valence-electron chi connectivity index (χ2n) is 12.4. The molecule has 0 aliphatic carbocycles. The van der Waals surface area contributed by atoms with E-state index in [-0.39, 0.29) is 31.2 Å². The number of carboxylic acids is 1. The number of carbonyl (C=O) groups is 4. The van der Waals surface area contributed by atoms with Crippen LogP contribution in [0.5, 0.6) is 0 Å². The van der Waals surface area contributed by atoms with Crippen molar-refractivity contribution in [1.82, 2.24) is 4.90 Å². The van der Waals surface area contributed by atoms with Crippen LogP contribution in [0, 0.1) is 0 Å². The van der Waals surface area contributed by atoms with Crippen LogP contribution >= 0.6 is 0 Å². The molecular weight excluding hydrogens is 546 g/mol. The number of rotatable bonds is 4. The predicted octanol–water partition coefficient (Wildman–Crippen LogP) is 4.74. The quantitative estimate of drug-likeness (QED) is 0.477. The predicted molar refractivity (Wildman–Crippen MR) is 161 cm³/mol. The van der Waals surface area contributed by atoms with Crippen LogP contribution in [-0.2, 0) is 44.9 Å². The van der Waals surface area contributed by atoms with Crippen molar-refractivity contribution in [2.75, 3.05) is 9.80 Å². The van der Waals surface area contributed by atoms with Gasteiger partial charge in [0.2, 0.25) is 5.91 Å². The molecule has 3 heterocycles. The maximum atomic E-state index is 14.6. The van der Waals surface area contributed by atoms with Crippen LogP contribution in [0.3, 0.4) is 0 Å². The molecule has 3 aliphatic heterocycles. The third-order valence-corrected chi connectivity index (χ3v) is 8.40. The number of para-hydroxylation sites is 2. The van der Waals surface area contributed by atoms with Crippen LogP contribution in [0.2, 0.25) is 0 Å². The van der Waals surface area contributed by atoms with E-state index in [1.807, 2.05) is 66.7 Å². The lowest BCUT2D eigenvalue weighted by Gasteiger charge is -2.40. The zero-order valence-corrected chi connectivity index (χ0v) is 24.5. The Bertz CT molecular complexity index is 1610. The number of carboxylic acid groups (broad SMARTS) is 1. The van der Waals surface area contributed by atoms with E-state index in [4.69, 9.17) is 4.74 Å². The zero-order valence-electron chi connectivity index (χ0n) is 24.5. The smallest absolute Gasteiger partial charge is 0.415 e. The molecule has 6 rings (SSSR count). The van der Waals surface area contributed by atoms with Gasteiger partial charge in [0.25, 0.3) is 5.91 Å². The molecule has 9 nitrogen and oxygen atoms in total. The van der Waals surface area contributed by atoms with Crippen molar-refractivity contribution in [3.05, 3.63) is 95.1 Å². The van der Waals surface area contributed by atoms with Gasteiger partial charge < -0.3 is 14.7 Å². The van der Waals surface area contributed by atoms with Crippen LogP contribution in [0.25, 0.3) is 0 Å². The molecule has 1 unspecified atom stereocenters. The monoisotopic (exact) mass is 581 g/mol. The molecule has 3 aromatic rings. The largest absolute Gasteiger partial charge is 0.481 e. The second kappa shape index (κ2) is 10.9. The first kappa shape index (κ1) is 28.5. The summed E-state index contributed by atoms with van der Waals surface area (Å²) in [5.74, 6) is -1.66. The van der Waals surface area contributed by atoms with Gasteiger partial charge in [-0.1, -0.05) is 60.7 Å². The Morgan fingerprint density at radius 1 is 0.721 bits per heavy atom. The van der Waals surface area contributed by atoms with Gasteiger partial charge in [-0.3, -0.25) is 24.2 Å². The van der Waals surface area contributed by atoms with E-state index >= 15 is 0 Å². The molecule has 0 fully saturated rings. The molecule has 9 heteroatoms. The van der Waals surface area contributed by atoms with Crippen molar-refractivity contribution in [3.8, 4) is 0 Å². The second-order valence-corrected chi connectivity index (χ2v) is 12.4. The van der Waals surface area contributed by atoms with Gasteiger partial charge in [0.15, 0.2) is 0 Å². The standard InChI is InChI=1S/C34H35N3O6/c1-34(2,3)43-33(42)37-27-15-9-7-12-23(27)18-29(37)32(41)36-26-14-8-6-11-22(26)17-28(36)31(40)35-20-24-13-5-4-10-21(24)16-25(35)19-30(38)39/h4-15,25,28-29H,16-20H2,1-3H3,(H,38,39)/t25?,28-,29-/m1/s1. The number of anilines is 2. The summed E-state index contributed by atoms with van der Waals surface area (Å²) in [7, 11) is 0. The van der Waals surface area contributed by atoms with E-state index in [9.17, 15) is 24.3 Å². The summed E-state index contributed by atoms with van der Waals surface area (Å²) >= 11 is 0. The highest BCUT2D eigenvalue weighted by atomic mass is 16.6. The molecule has 3 aliphatic rings. The number of hydrogen-bond acceptors (Lipinski definition) is 5. The number of aliphatic carboxylic acids is 1. The van der Waals surface area contributed by atoms with Gasteiger partial charge in [-0.25, -0.2) is 4.79 Å². The number of nitrogens with zero attached hydrogens (tertiary/aromatic N) is 3. The molecule has 222 valence electrons. The SMILES string of the molecule is CC(C)(C)OC(=O)N1c2ccccc2C[C@@H]1C(=O)N1c2ccccc2C[C@@H]1C(=O)N1Cc2ccccc2CC1CC(=O)O.